The summed E-state index contributed by atoms with van der Waals surface area (Å²) >= 11 is 1.24. The number of hydrogen-bond donors (Lipinski definition) is 1. The highest BCUT2D eigenvalue weighted by Crippen LogP contribution is 2.29. The summed E-state index contributed by atoms with van der Waals surface area (Å²) in [5.74, 6) is 0.0796. The Kier molecular flexibility index (Phi) is 1.81. The average Bonchev–Trinajstić information content (AvgIpc) is 2.46. The molecule has 68 valence electrons. The number of benzene rings is 1. The molecule has 0 aliphatic rings. The SMILES string of the molecule is COc1cc(F)c2nc(N)sc2c1. The zero-order valence-electron chi connectivity index (χ0n) is 6.87. The third-order valence-corrected chi connectivity index (χ3v) is 2.51. The quantitative estimate of drug-likeness (QED) is 0.762. The van der Waals surface area contributed by atoms with Crippen molar-refractivity contribution in [1.29, 1.82) is 0 Å². The van der Waals surface area contributed by atoms with Gasteiger partial charge in [0.15, 0.2) is 10.9 Å². The Bertz CT molecular complexity index is 455. The van der Waals surface area contributed by atoms with E-state index in [1.165, 1.54) is 24.5 Å². The van der Waals surface area contributed by atoms with Gasteiger partial charge in [0.2, 0.25) is 0 Å². The predicted molar refractivity (Wildman–Crippen MR) is 50.5 cm³/mol. The van der Waals surface area contributed by atoms with E-state index in [1.807, 2.05) is 0 Å². The molecule has 2 aromatic rings. The Morgan fingerprint density at radius 1 is 1.54 bits per heavy atom. The largest absolute Gasteiger partial charge is 0.497 e. The minimum absolute atomic E-state index is 0.309. The normalized spacial score (nSPS) is 10.6. The summed E-state index contributed by atoms with van der Waals surface area (Å²) in [4.78, 5) is 3.85. The summed E-state index contributed by atoms with van der Waals surface area (Å²) in [5.41, 5.74) is 5.76. The molecule has 0 saturated heterocycles. The Morgan fingerprint density at radius 3 is 3.00 bits per heavy atom. The van der Waals surface area contributed by atoms with Crippen molar-refractivity contribution < 1.29 is 9.13 Å². The van der Waals surface area contributed by atoms with Crippen molar-refractivity contribution in [3.05, 3.63) is 17.9 Å². The van der Waals surface area contributed by atoms with E-state index in [1.54, 1.807) is 6.07 Å². The third-order valence-electron chi connectivity index (χ3n) is 1.67. The van der Waals surface area contributed by atoms with Gasteiger partial charge < -0.3 is 10.5 Å². The summed E-state index contributed by atoms with van der Waals surface area (Å²) < 4.78 is 18.9. The fourth-order valence-corrected chi connectivity index (χ4v) is 1.88. The van der Waals surface area contributed by atoms with E-state index in [0.717, 1.165) is 0 Å². The molecular formula is C8H7FN2OS. The maximum absolute atomic E-state index is 13.3. The number of fused-ring (bicyclic) bond motifs is 1. The summed E-state index contributed by atoms with van der Waals surface area (Å²) in [6.07, 6.45) is 0. The van der Waals surface area contributed by atoms with Crippen LogP contribution in [0.15, 0.2) is 12.1 Å². The van der Waals surface area contributed by atoms with Gasteiger partial charge in [-0.05, 0) is 6.07 Å². The second-order valence-electron chi connectivity index (χ2n) is 2.51. The van der Waals surface area contributed by atoms with Crippen LogP contribution in [0.5, 0.6) is 5.75 Å². The highest BCUT2D eigenvalue weighted by atomic mass is 32.1. The van der Waals surface area contributed by atoms with Crippen molar-refractivity contribution >= 4 is 26.7 Å². The lowest BCUT2D eigenvalue weighted by Gasteiger charge is -1.98. The average molecular weight is 198 g/mol. The van der Waals surface area contributed by atoms with Crippen LogP contribution in [0.25, 0.3) is 10.2 Å². The monoisotopic (exact) mass is 198 g/mol. The van der Waals surface area contributed by atoms with Gasteiger partial charge in [0.05, 0.1) is 11.8 Å². The van der Waals surface area contributed by atoms with Crippen molar-refractivity contribution in [2.45, 2.75) is 0 Å². The molecule has 0 fully saturated rings. The van der Waals surface area contributed by atoms with E-state index in [4.69, 9.17) is 10.5 Å². The number of aromatic nitrogens is 1. The van der Waals surface area contributed by atoms with E-state index in [2.05, 4.69) is 4.98 Å². The van der Waals surface area contributed by atoms with E-state index < -0.39 is 5.82 Å². The van der Waals surface area contributed by atoms with Crippen LogP contribution in [0.3, 0.4) is 0 Å². The second-order valence-corrected chi connectivity index (χ2v) is 3.57. The number of nitrogen functional groups attached to an aromatic ring is 1. The van der Waals surface area contributed by atoms with Crippen LogP contribution in [0, 0.1) is 5.82 Å². The molecular weight excluding hydrogens is 191 g/mol. The molecule has 1 aromatic heterocycles. The van der Waals surface area contributed by atoms with Gasteiger partial charge in [-0.2, -0.15) is 0 Å². The molecule has 2 N–H and O–H groups in total. The fourth-order valence-electron chi connectivity index (χ4n) is 1.10. The Hall–Kier alpha value is -1.36. The minimum Gasteiger partial charge on any atom is -0.497 e. The summed E-state index contributed by atoms with van der Waals surface area (Å²) in [6.45, 7) is 0. The van der Waals surface area contributed by atoms with Crippen LogP contribution in [0.1, 0.15) is 0 Å². The van der Waals surface area contributed by atoms with Gasteiger partial charge in [0, 0.05) is 6.07 Å². The molecule has 0 bridgehead atoms. The van der Waals surface area contributed by atoms with Crippen molar-refractivity contribution in [2.75, 3.05) is 12.8 Å². The Morgan fingerprint density at radius 2 is 2.31 bits per heavy atom. The van der Waals surface area contributed by atoms with Crippen LogP contribution >= 0.6 is 11.3 Å². The highest BCUT2D eigenvalue weighted by Gasteiger charge is 2.08. The number of nitrogens with two attached hydrogens (primary N) is 1. The molecule has 0 saturated carbocycles. The van der Waals surface area contributed by atoms with E-state index in [0.29, 0.717) is 21.1 Å². The van der Waals surface area contributed by atoms with Crippen molar-refractivity contribution in [2.24, 2.45) is 0 Å². The highest BCUT2D eigenvalue weighted by molar-refractivity contribution is 7.22. The van der Waals surface area contributed by atoms with Crippen LogP contribution in [0.2, 0.25) is 0 Å². The fraction of sp³-hybridized carbons (Fsp3) is 0.125. The number of nitrogens with zero attached hydrogens (tertiary/aromatic N) is 1. The zero-order valence-corrected chi connectivity index (χ0v) is 7.69. The predicted octanol–water partition coefficient (Wildman–Crippen LogP) is 2.03. The second kappa shape index (κ2) is 2.85. The summed E-state index contributed by atoms with van der Waals surface area (Å²) in [7, 11) is 1.49. The number of hydrogen-bond acceptors (Lipinski definition) is 4. The number of halogens is 1. The number of ether oxygens (including phenoxy) is 1. The molecule has 0 radical (unpaired) electrons. The minimum atomic E-state index is -0.401. The van der Waals surface area contributed by atoms with Crippen LogP contribution in [0.4, 0.5) is 9.52 Å². The first kappa shape index (κ1) is 8.25. The molecule has 3 nitrogen and oxygen atoms in total. The van der Waals surface area contributed by atoms with Gasteiger partial charge in [0.1, 0.15) is 11.3 Å². The van der Waals surface area contributed by atoms with Crippen molar-refractivity contribution in [3.8, 4) is 5.75 Å². The maximum Gasteiger partial charge on any atom is 0.181 e. The van der Waals surface area contributed by atoms with Gasteiger partial charge >= 0.3 is 0 Å². The van der Waals surface area contributed by atoms with Gasteiger partial charge in [-0.3, -0.25) is 0 Å². The number of rotatable bonds is 1. The van der Waals surface area contributed by atoms with Crippen molar-refractivity contribution in [3.63, 3.8) is 0 Å². The maximum atomic E-state index is 13.3. The van der Waals surface area contributed by atoms with Gasteiger partial charge in [0.25, 0.3) is 0 Å². The Labute approximate surface area is 78.0 Å². The van der Waals surface area contributed by atoms with Gasteiger partial charge in [-0.15, -0.1) is 0 Å². The lowest BCUT2D eigenvalue weighted by atomic mass is 10.3. The number of thiazole rings is 1. The molecule has 0 unspecified atom stereocenters. The molecule has 13 heavy (non-hydrogen) atoms. The van der Waals surface area contributed by atoms with Crippen molar-refractivity contribution in [1.82, 2.24) is 4.98 Å². The topological polar surface area (TPSA) is 48.1 Å². The number of anilines is 1. The molecule has 0 spiro atoms. The first-order valence-corrected chi connectivity index (χ1v) is 4.42. The van der Waals surface area contributed by atoms with Crippen LogP contribution in [-0.4, -0.2) is 12.1 Å². The lowest BCUT2D eigenvalue weighted by Crippen LogP contribution is -1.85. The number of methoxy groups -OCH3 is 1. The van der Waals surface area contributed by atoms with Crippen LogP contribution < -0.4 is 10.5 Å². The summed E-state index contributed by atoms with van der Waals surface area (Å²) in [5, 5.41) is 0.363. The molecule has 0 aliphatic heterocycles. The van der Waals surface area contributed by atoms with Gasteiger partial charge in [-0.1, -0.05) is 11.3 Å². The molecule has 0 aliphatic carbocycles. The molecule has 0 atom stereocenters. The third kappa shape index (κ3) is 1.31. The first-order valence-electron chi connectivity index (χ1n) is 3.60. The molecule has 1 aromatic carbocycles. The Balaban J connectivity index is 2.75. The van der Waals surface area contributed by atoms with E-state index in [-0.39, 0.29) is 0 Å². The molecule has 5 heteroatoms. The zero-order chi connectivity index (χ0) is 9.42. The summed E-state index contributed by atoms with van der Waals surface area (Å²) in [6, 6.07) is 3.01. The van der Waals surface area contributed by atoms with E-state index in [9.17, 15) is 4.39 Å². The smallest absolute Gasteiger partial charge is 0.181 e. The van der Waals surface area contributed by atoms with E-state index >= 15 is 0 Å². The van der Waals surface area contributed by atoms with Crippen LogP contribution in [-0.2, 0) is 0 Å². The van der Waals surface area contributed by atoms with Gasteiger partial charge in [-0.25, -0.2) is 9.37 Å². The first-order chi connectivity index (χ1) is 6.20. The molecule has 0 amide bonds. The standard InChI is InChI=1S/C8H7FN2OS/c1-12-4-2-5(9)7-6(3-4)13-8(10)11-7/h2-3H,1H3,(H2,10,11). The molecule has 1 heterocycles. The molecule has 2 rings (SSSR count). The lowest BCUT2D eigenvalue weighted by molar-refractivity contribution is 0.412.